The van der Waals surface area contributed by atoms with Gasteiger partial charge in [-0.05, 0) is 38.3 Å². The molecule has 5 heteroatoms. The summed E-state index contributed by atoms with van der Waals surface area (Å²) in [6.07, 6.45) is 9.18. The molecule has 2 N–H and O–H groups in total. The summed E-state index contributed by atoms with van der Waals surface area (Å²) < 4.78 is 5.93. The number of aliphatic hydroxyl groups is 1. The Labute approximate surface area is 144 Å². The molecule has 2 atom stereocenters. The van der Waals surface area contributed by atoms with Crippen LogP contribution in [0, 0.1) is 5.92 Å². The Morgan fingerprint density at radius 2 is 2.08 bits per heavy atom. The van der Waals surface area contributed by atoms with Gasteiger partial charge in [0.25, 0.3) is 0 Å². The Balaban J connectivity index is 1.73. The standard InChI is InChI=1S/C19H30N2O3/c1-15(24-18-9-4-2-3-5-10-18)19(23)21-13-16(14-22)12-17-8-6-7-11-20-17/h6-8,11,15-16,18,22H,2-5,9-10,12-14H2,1H3,(H,21,23). The van der Waals surface area contributed by atoms with Crippen LogP contribution < -0.4 is 5.32 Å². The van der Waals surface area contributed by atoms with E-state index < -0.39 is 6.10 Å². The molecule has 1 fully saturated rings. The minimum absolute atomic E-state index is 0.0225. The van der Waals surface area contributed by atoms with Crippen molar-refractivity contribution in [1.82, 2.24) is 10.3 Å². The fourth-order valence-electron chi connectivity index (χ4n) is 3.13. The molecule has 2 unspecified atom stereocenters. The summed E-state index contributed by atoms with van der Waals surface area (Å²) in [5, 5.41) is 12.4. The molecule has 0 spiro atoms. The summed E-state index contributed by atoms with van der Waals surface area (Å²) in [4.78, 5) is 16.5. The number of nitrogens with one attached hydrogen (secondary N) is 1. The summed E-state index contributed by atoms with van der Waals surface area (Å²) in [5.41, 5.74) is 0.925. The van der Waals surface area contributed by atoms with Crippen molar-refractivity contribution in [3.8, 4) is 0 Å². The van der Waals surface area contributed by atoms with Crippen LogP contribution in [0.15, 0.2) is 24.4 Å². The van der Waals surface area contributed by atoms with Crippen LogP contribution in [0.2, 0.25) is 0 Å². The third-order valence-corrected chi connectivity index (χ3v) is 4.62. The minimum atomic E-state index is -0.442. The highest BCUT2D eigenvalue weighted by Crippen LogP contribution is 2.21. The van der Waals surface area contributed by atoms with Crippen LogP contribution in [0.25, 0.3) is 0 Å². The fourth-order valence-corrected chi connectivity index (χ4v) is 3.13. The van der Waals surface area contributed by atoms with Gasteiger partial charge in [0.15, 0.2) is 0 Å². The third-order valence-electron chi connectivity index (χ3n) is 4.62. The van der Waals surface area contributed by atoms with Crippen molar-refractivity contribution in [3.63, 3.8) is 0 Å². The molecule has 1 aromatic rings. The van der Waals surface area contributed by atoms with E-state index in [1.165, 1.54) is 25.7 Å². The Bertz CT molecular complexity index is 473. The summed E-state index contributed by atoms with van der Waals surface area (Å²) in [5.74, 6) is -0.132. The van der Waals surface area contributed by atoms with E-state index in [1.807, 2.05) is 25.1 Å². The van der Waals surface area contributed by atoms with E-state index in [4.69, 9.17) is 4.74 Å². The van der Waals surface area contributed by atoms with Crippen molar-refractivity contribution in [2.75, 3.05) is 13.2 Å². The second-order valence-electron chi connectivity index (χ2n) is 6.71. The predicted octanol–water partition coefficient (Wildman–Crippen LogP) is 2.48. The summed E-state index contributed by atoms with van der Waals surface area (Å²) in [7, 11) is 0. The number of amides is 1. The topological polar surface area (TPSA) is 71.5 Å². The van der Waals surface area contributed by atoms with Gasteiger partial charge in [-0.25, -0.2) is 0 Å². The molecule has 1 aliphatic carbocycles. The quantitative estimate of drug-likeness (QED) is 0.717. The predicted molar refractivity (Wildman–Crippen MR) is 93.6 cm³/mol. The van der Waals surface area contributed by atoms with E-state index in [0.29, 0.717) is 13.0 Å². The number of aliphatic hydroxyl groups excluding tert-OH is 1. The number of carbonyl (C=O) groups is 1. The smallest absolute Gasteiger partial charge is 0.248 e. The van der Waals surface area contributed by atoms with E-state index in [1.54, 1.807) is 6.20 Å². The first-order valence-electron chi connectivity index (χ1n) is 9.13. The summed E-state index contributed by atoms with van der Waals surface area (Å²) in [6, 6.07) is 5.73. The normalized spacial score (nSPS) is 18.6. The van der Waals surface area contributed by atoms with Gasteiger partial charge in [0.05, 0.1) is 6.10 Å². The molecular weight excluding hydrogens is 304 g/mol. The molecule has 0 radical (unpaired) electrons. The molecule has 1 heterocycles. The van der Waals surface area contributed by atoms with Crippen LogP contribution in [0.5, 0.6) is 0 Å². The highest BCUT2D eigenvalue weighted by Gasteiger charge is 2.21. The van der Waals surface area contributed by atoms with Crippen molar-refractivity contribution in [1.29, 1.82) is 0 Å². The summed E-state index contributed by atoms with van der Waals surface area (Å²) in [6.45, 7) is 2.27. The molecule has 1 amide bonds. The first kappa shape index (κ1) is 18.9. The van der Waals surface area contributed by atoms with Crippen LogP contribution in [0.4, 0.5) is 0 Å². The second kappa shape index (κ2) is 10.4. The highest BCUT2D eigenvalue weighted by atomic mass is 16.5. The van der Waals surface area contributed by atoms with Crippen LogP contribution in [-0.4, -0.2) is 41.4 Å². The number of hydrogen-bond donors (Lipinski definition) is 2. The first-order valence-corrected chi connectivity index (χ1v) is 9.13. The molecule has 1 aromatic heterocycles. The van der Waals surface area contributed by atoms with E-state index in [2.05, 4.69) is 10.3 Å². The Morgan fingerprint density at radius 3 is 2.71 bits per heavy atom. The van der Waals surface area contributed by atoms with Crippen molar-refractivity contribution in [2.45, 2.75) is 64.1 Å². The highest BCUT2D eigenvalue weighted by molar-refractivity contribution is 5.80. The molecule has 1 saturated carbocycles. The lowest BCUT2D eigenvalue weighted by Crippen LogP contribution is -2.40. The lowest BCUT2D eigenvalue weighted by Gasteiger charge is -2.22. The third kappa shape index (κ3) is 6.57. The van der Waals surface area contributed by atoms with Crippen molar-refractivity contribution >= 4 is 5.91 Å². The average Bonchev–Trinajstić information content (AvgIpc) is 2.87. The zero-order valence-corrected chi connectivity index (χ0v) is 14.6. The molecule has 134 valence electrons. The molecule has 24 heavy (non-hydrogen) atoms. The van der Waals surface area contributed by atoms with Crippen LogP contribution in [0.3, 0.4) is 0 Å². The molecule has 0 aliphatic heterocycles. The van der Waals surface area contributed by atoms with Gasteiger partial charge in [-0.15, -0.1) is 0 Å². The summed E-state index contributed by atoms with van der Waals surface area (Å²) >= 11 is 0. The van der Waals surface area contributed by atoms with Crippen LogP contribution >= 0.6 is 0 Å². The monoisotopic (exact) mass is 334 g/mol. The second-order valence-corrected chi connectivity index (χ2v) is 6.71. The molecule has 0 saturated heterocycles. The lowest BCUT2D eigenvalue weighted by molar-refractivity contribution is -0.136. The lowest BCUT2D eigenvalue weighted by atomic mass is 10.0. The van der Waals surface area contributed by atoms with Crippen molar-refractivity contribution < 1.29 is 14.6 Å². The molecule has 0 bridgehead atoms. The van der Waals surface area contributed by atoms with Gasteiger partial charge in [-0.3, -0.25) is 9.78 Å². The van der Waals surface area contributed by atoms with Crippen LogP contribution in [-0.2, 0) is 16.0 Å². The first-order chi connectivity index (χ1) is 11.7. The van der Waals surface area contributed by atoms with Gasteiger partial charge in [-0.1, -0.05) is 31.7 Å². The number of hydrogen-bond acceptors (Lipinski definition) is 4. The Hall–Kier alpha value is -1.46. The average molecular weight is 334 g/mol. The van der Waals surface area contributed by atoms with E-state index >= 15 is 0 Å². The van der Waals surface area contributed by atoms with E-state index in [-0.39, 0.29) is 24.5 Å². The van der Waals surface area contributed by atoms with Crippen LogP contribution in [0.1, 0.15) is 51.1 Å². The maximum Gasteiger partial charge on any atom is 0.248 e. The number of nitrogens with zero attached hydrogens (tertiary/aromatic N) is 1. The molecule has 5 nitrogen and oxygen atoms in total. The Morgan fingerprint density at radius 1 is 1.33 bits per heavy atom. The maximum atomic E-state index is 12.2. The molecular formula is C19H30N2O3. The number of pyridine rings is 1. The number of rotatable bonds is 8. The minimum Gasteiger partial charge on any atom is -0.396 e. The van der Waals surface area contributed by atoms with Crippen molar-refractivity contribution in [2.24, 2.45) is 5.92 Å². The van der Waals surface area contributed by atoms with Gasteiger partial charge < -0.3 is 15.2 Å². The van der Waals surface area contributed by atoms with Crippen molar-refractivity contribution in [3.05, 3.63) is 30.1 Å². The fraction of sp³-hybridized carbons (Fsp3) is 0.684. The SMILES string of the molecule is CC(OC1CCCCCC1)C(=O)NCC(CO)Cc1ccccn1. The van der Waals surface area contributed by atoms with E-state index in [9.17, 15) is 9.90 Å². The van der Waals surface area contributed by atoms with Gasteiger partial charge in [-0.2, -0.15) is 0 Å². The van der Waals surface area contributed by atoms with Gasteiger partial charge in [0, 0.05) is 31.0 Å². The molecule has 1 aliphatic rings. The van der Waals surface area contributed by atoms with Gasteiger partial charge in [0.2, 0.25) is 5.91 Å². The molecule has 2 rings (SSSR count). The zero-order valence-electron chi connectivity index (χ0n) is 14.6. The van der Waals surface area contributed by atoms with Gasteiger partial charge in [0.1, 0.15) is 6.10 Å². The zero-order chi connectivity index (χ0) is 17.2. The maximum absolute atomic E-state index is 12.2. The largest absolute Gasteiger partial charge is 0.396 e. The molecule has 0 aromatic carbocycles. The number of aromatic nitrogens is 1. The van der Waals surface area contributed by atoms with Gasteiger partial charge >= 0.3 is 0 Å². The Kier molecular flexibility index (Phi) is 8.19. The number of ether oxygens (including phenoxy) is 1. The van der Waals surface area contributed by atoms with E-state index in [0.717, 1.165) is 18.5 Å². The number of carbonyl (C=O) groups excluding carboxylic acids is 1.